The van der Waals surface area contributed by atoms with E-state index in [0.717, 1.165) is 13.0 Å². The highest BCUT2D eigenvalue weighted by Gasteiger charge is 2.34. The van der Waals surface area contributed by atoms with Gasteiger partial charge in [-0.2, -0.15) is 13.2 Å². The summed E-state index contributed by atoms with van der Waals surface area (Å²) >= 11 is 5.58. The average Bonchev–Trinajstić information content (AvgIpc) is 2.14. The number of halogens is 4. The Labute approximate surface area is 94.0 Å². The van der Waals surface area contributed by atoms with Gasteiger partial charge in [0.1, 0.15) is 0 Å². The molecule has 0 aliphatic carbocycles. The first kappa shape index (κ1) is 12.7. The van der Waals surface area contributed by atoms with Crippen LogP contribution in [0.5, 0.6) is 0 Å². The molecule has 6 heteroatoms. The number of benzene rings is 1. The first-order valence-electron chi connectivity index (χ1n) is 4.14. The van der Waals surface area contributed by atoms with E-state index in [2.05, 4.69) is 0 Å². The molecule has 0 heterocycles. The van der Waals surface area contributed by atoms with Gasteiger partial charge in [-0.1, -0.05) is 11.6 Å². The zero-order valence-corrected chi connectivity index (χ0v) is 8.82. The number of hydrogen-bond donors (Lipinski definition) is 0. The maximum absolute atomic E-state index is 12.5. The summed E-state index contributed by atoms with van der Waals surface area (Å²) in [5, 5.41) is -0.164. The summed E-state index contributed by atoms with van der Waals surface area (Å²) in [5.41, 5.74) is -1.99. The standard InChI is InChI=1S/C10H6ClF3O2/c1-5(16)7-3-8(10(12,13)14)6(4-15)2-9(7)11/h2-4H,1H3. The lowest BCUT2D eigenvalue weighted by molar-refractivity contribution is -0.137. The number of Topliss-reactive ketones (excluding diaryl/α,β-unsaturated/α-hetero) is 1. The minimum atomic E-state index is -4.69. The molecule has 0 saturated carbocycles. The number of alkyl halides is 3. The molecule has 0 atom stereocenters. The van der Waals surface area contributed by atoms with Crippen LogP contribution in [0, 0.1) is 0 Å². The molecule has 0 amide bonds. The van der Waals surface area contributed by atoms with Crippen LogP contribution >= 0.6 is 11.6 Å². The molecule has 0 saturated heterocycles. The Balaban J connectivity index is 3.53. The van der Waals surface area contributed by atoms with Crippen molar-refractivity contribution in [2.45, 2.75) is 13.1 Å². The van der Waals surface area contributed by atoms with Crippen LogP contribution in [0.2, 0.25) is 5.02 Å². The number of aldehydes is 1. The molecule has 1 rings (SSSR count). The van der Waals surface area contributed by atoms with Crippen LogP contribution in [0.3, 0.4) is 0 Å². The number of carbonyl (C=O) groups excluding carboxylic acids is 2. The predicted octanol–water partition coefficient (Wildman–Crippen LogP) is 3.37. The predicted molar refractivity (Wildman–Crippen MR) is 51.8 cm³/mol. The molecular weight excluding hydrogens is 245 g/mol. The van der Waals surface area contributed by atoms with E-state index in [1.165, 1.54) is 0 Å². The van der Waals surface area contributed by atoms with Gasteiger partial charge in [-0.25, -0.2) is 0 Å². The topological polar surface area (TPSA) is 34.1 Å². The zero-order chi connectivity index (χ0) is 12.5. The van der Waals surface area contributed by atoms with E-state index in [0.29, 0.717) is 6.07 Å². The van der Waals surface area contributed by atoms with Crippen LogP contribution in [0.15, 0.2) is 12.1 Å². The lowest BCUT2D eigenvalue weighted by Gasteiger charge is -2.11. The Hall–Kier alpha value is -1.36. The maximum Gasteiger partial charge on any atom is 0.417 e. The van der Waals surface area contributed by atoms with Gasteiger partial charge < -0.3 is 0 Å². The molecule has 0 aliphatic rings. The van der Waals surface area contributed by atoms with Gasteiger partial charge in [0, 0.05) is 11.1 Å². The van der Waals surface area contributed by atoms with Crippen molar-refractivity contribution < 1.29 is 22.8 Å². The van der Waals surface area contributed by atoms with Crippen molar-refractivity contribution >= 4 is 23.7 Å². The van der Waals surface area contributed by atoms with Crippen molar-refractivity contribution in [2.75, 3.05) is 0 Å². The number of carbonyl (C=O) groups is 2. The number of hydrogen-bond acceptors (Lipinski definition) is 2. The van der Waals surface area contributed by atoms with Gasteiger partial charge in [0.2, 0.25) is 0 Å². The third kappa shape index (κ3) is 2.41. The summed E-state index contributed by atoms with van der Waals surface area (Å²) in [6, 6.07) is 1.43. The van der Waals surface area contributed by atoms with Gasteiger partial charge in [0.05, 0.1) is 10.6 Å². The molecule has 1 aromatic carbocycles. The summed E-state index contributed by atoms with van der Waals surface area (Å²) in [6.07, 6.45) is -4.64. The van der Waals surface area contributed by atoms with Gasteiger partial charge in [-0.15, -0.1) is 0 Å². The van der Waals surface area contributed by atoms with E-state index >= 15 is 0 Å². The molecule has 0 bridgehead atoms. The fourth-order valence-corrected chi connectivity index (χ4v) is 1.51. The van der Waals surface area contributed by atoms with E-state index in [4.69, 9.17) is 11.6 Å². The Morgan fingerprint density at radius 1 is 1.38 bits per heavy atom. The lowest BCUT2D eigenvalue weighted by atomic mass is 10.0. The highest BCUT2D eigenvalue weighted by Crippen LogP contribution is 2.34. The first-order chi connectivity index (χ1) is 7.27. The fraction of sp³-hybridized carbons (Fsp3) is 0.200. The van der Waals surface area contributed by atoms with E-state index in [1.807, 2.05) is 0 Å². The highest BCUT2D eigenvalue weighted by molar-refractivity contribution is 6.34. The third-order valence-corrected chi connectivity index (χ3v) is 2.26. The van der Waals surface area contributed by atoms with Crippen molar-refractivity contribution in [1.29, 1.82) is 0 Å². The smallest absolute Gasteiger partial charge is 0.298 e. The zero-order valence-electron chi connectivity index (χ0n) is 8.06. The molecule has 1 aromatic rings. The van der Waals surface area contributed by atoms with E-state index in [-0.39, 0.29) is 16.9 Å². The molecule has 2 nitrogen and oxygen atoms in total. The second-order valence-corrected chi connectivity index (χ2v) is 3.50. The summed E-state index contributed by atoms with van der Waals surface area (Å²) in [5.74, 6) is -0.590. The number of ketones is 1. The second-order valence-electron chi connectivity index (χ2n) is 3.09. The van der Waals surface area contributed by atoms with Crippen molar-refractivity contribution in [2.24, 2.45) is 0 Å². The van der Waals surface area contributed by atoms with Crippen LogP contribution in [-0.2, 0) is 6.18 Å². The van der Waals surface area contributed by atoms with Gasteiger partial charge in [-0.05, 0) is 19.1 Å². The second kappa shape index (κ2) is 4.25. The summed E-state index contributed by atoms with van der Waals surface area (Å²) in [7, 11) is 0. The van der Waals surface area contributed by atoms with Gasteiger partial charge in [0.15, 0.2) is 12.1 Å². The SMILES string of the molecule is CC(=O)c1cc(C(F)(F)F)c(C=O)cc1Cl. The minimum absolute atomic E-state index is 0.0542. The molecule has 0 aromatic heterocycles. The molecule has 86 valence electrons. The molecular formula is C10H6ClF3O2. The van der Waals surface area contributed by atoms with E-state index in [9.17, 15) is 22.8 Å². The summed E-state index contributed by atoms with van der Waals surface area (Å²) in [6.45, 7) is 1.10. The molecule has 0 unspecified atom stereocenters. The van der Waals surface area contributed by atoms with Gasteiger partial charge >= 0.3 is 6.18 Å². The van der Waals surface area contributed by atoms with Crippen LogP contribution in [0.25, 0.3) is 0 Å². The quantitative estimate of drug-likeness (QED) is 0.596. The minimum Gasteiger partial charge on any atom is -0.298 e. The Morgan fingerprint density at radius 2 is 1.94 bits per heavy atom. The average molecular weight is 251 g/mol. The van der Waals surface area contributed by atoms with E-state index in [1.54, 1.807) is 0 Å². The first-order valence-corrected chi connectivity index (χ1v) is 4.52. The Bertz CT molecular complexity index is 452. The molecule has 0 N–H and O–H groups in total. The largest absolute Gasteiger partial charge is 0.417 e. The molecule has 0 fully saturated rings. The molecule has 16 heavy (non-hydrogen) atoms. The molecule has 0 aliphatic heterocycles. The van der Waals surface area contributed by atoms with E-state index < -0.39 is 23.1 Å². The van der Waals surface area contributed by atoms with Gasteiger partial charge in [-0.3, -0.25) is 9.59 Å². The van der Waals surface area contributed by atoms with Crippen molar-refractivity contribution in [3.63, 3.8) is 0 Å². The molecule has 0 spiro atoms. The fourth-order valence-electron chi connectivity index (χ4n) is 1.20. The van der Waals surface area contributed by atoms with Gasteiger partial charge in [0.25, 0.3) is 0 Å². The lowest BCUT2D eigenvalue weighted by Crippen LogP contribution is -2.11. The van der Waals surface area contributed by atoms with Crippen LogP contribution in [0.1, 0.15) is 33.2 Å². The van der Waals surface area contributed by atoms with Crippen LogP contribution < -0.4 is 0 Å². The van der Waals surface area contributed by atoms with Crippen molar-refractivity contribution in [1.82, 2.24) is 0 Å². The molecule has 0 radical (unpaired) electrons. The maximum atomic E-state index is 12.5. The summed E-state index contributed by atoms with van der Waals surface area (Å²) in [4.78, 5) is 21.5. The Kier molecular flexibility index (Phi) is 3.38. The Morgan fingerprint density at radius 3 is 2.31 bits per heavy atom. The van der Waals surface area contributed by atoms with Crippen LogP contribution in [-0.4, -0.2) is 12.1 Å². The van der Waals surface area contributed by atoms with Crippen molar-refractivity contribution in [3.8, 4) is 0 Å². The monoisotopic (exact) mass is 250 g/mol. The number of rotatable bonds is 2. The van der Waals surface area contributed by atoms with Crippen molar-refractivity contribution in [3.05, 3.63) is 33.8 Å². The summed E-state index contributed by atoms with van der Waals surface area (Å²) < 4.78 is 37.5. The normalized spacial score (nSPS) is 11.3. The van der Waals surface area contributed by atoms with Crippen LogP contribution in [0.4, 0.5) is 13.2 Å². The third-order valence-electron chi connectivity index (χ3n) is 1.95. The highest BCUT2D eigenvalue weighted by atomic mass is 35.5.